The van der Waals surface area contributed by atoms with Gasteiger partial charge in [-0.05, 0) is 60.7 Å². The summed E-state index contributed by atoms with van der Waals surface area (Å²) >= 11 is 0. The van der Waals surface area contributed by atoms with E-state index < -0.39 is 0 Å². The molecule has 0 N–H and O–H groups in total. The van der Waals surface area contributed by atoms with E-state index in [4.69, 9.17) is 9.47 Å². The fourth-order valence-corrected chi connectivity index (χ4v) is 4.72. The number of fused-ring (bicyclic) bond motifs is 3. The average Bonchev–Trinajstić information content (AvgIpc) is 3.14. The zero-order valence-electron chi connectivity index (χ0n) is 16.9. The van der Waals surface area contributed by atoms with Crippen LogP contribution in [-0.2, 0) is 23.8 Å². The molecule has 1 fully saturated rings. The van der Waals surface area contributed by atoms with Gasteiger partial charge in [0.1, 0.15) is 5.75 Å². The van der Waals surface area contributed by atoms with Crippen LogP contribution >= 0.6 is 0 Å². The Hall–Kier alpha value is -2.86. The van der Waals surface area contributed by atoms with Crippen LogP contribution in [0.4, 0.5) is 0 Å². The fraction of sp³-hybridized carbons (Fsp3) is 0.391. The first kappa shape index (κ1) is 18.2. The Labute approximate surface area is 170 Å². The Balaban J connectivity index is 1.35. The Kier molecular flexibility index (Phi) is 4.32. The molecule has 1 amide bonds. The molecular formula is C23H25N3O3. The summed E-state index contributed by atoms with van der Waals surface area (Å²) in [5, 5.41) is 0. The summed E-state index contributed by atoms with van der Waals surface area (Å²) in [7, 11) is 3.65. The van der Waals surface area contributed by atoms with Crippen molar-refractivity contribution in [1.29, 1.82) is 0 Å². The predicted octanol–water partition coefficient (Wildman–Crippen LogP) is 3.29. The molecule has 0 bridgehead atoms. The number of nitrogens with zero attached hydrogens (tertiary/aromatic N) is 3. The minimum absolute atomic E-state index is 0.0677. The van der Waals surface area contributed by atoms with Crippen LogP contribution < -0.4 is 4.74 Å². The number of methoxy groups -OCH3 is 1. The van der Waals surface area contributed by atoms with Gasteiger partial charge in [0.05, 0.1) is 36.7 Å². The summed E-state index contributed by atoms with van der Waals surface area (Å²) in [6.45, 7) is 2.08. The van der Waals surface area contributed by atoms with Gasteiger partial charge < -0.3 is 18.9 Å². The molecule has 2 aromatic carbocycles. The first-order valence-corrected chi connectivity index (χ1v) is 10.1. The number of likely N-dealkylation sites (tertiary alicyclic amines) is 1. The van der Waals surface area contributed by atoms with Crippen molar-refractivity contribution in [3.05, 3.63) is 59.4 Å². The fourth-order valence-electron chi connectivity index (χ4n) is 4.72. The van der Waals surface area contributed by atoms with Crippen LogP contribution in [0.1, 0.15) is 34.3 Å². The highest BCUT2D eigenvalue weighted by Crippen LogP contribution is 2.42. The first-order chi connectivity index (χ1) is 14.1. The van der Waals surface area contributed by atoms with Crippen molar-refractivity contribution >= 4 is 16.9 Å². The molecule has 0 saturated carbocycles. The molecule has 5 rings (SSSR count). The molecule has 2 aliphatic heterocycles. The smallest absolute Gasteiger partial charge is 0.253 e. The van der Waals surface area contributed by atoms with Gasteiger partial charge in [0.2, 0.25) is 0 Å². The van der Waals surface area contributed by atoms with Gasteiger partial charge in [0, 0.05) is 25.7 Å². The molecule has 150 valence electrons. The number of imidazole rings is 1. The zero-order valence-corrected chi connectivity index (χ0v) is 16.9. The lowest BCUT2D eigenvalue weighted by Gasteiger charge is -2.45. The summed E-state index contributed by atoms with van der Waals surface area (Å²) < 4.78 is 13.7. The van der Waals surface area contributed by atoms with Gasteiger partial charge in [-0.1, -0.05) is 6.07 Å². The molecule has 3 heterocycles. The number of carbonyl (C=O) groups excluding carboxylic acids is 1. The number of hydrogen-bond acceptors (Lipinski definition) is 4. The summed E-state index contributed by atoms with van der Waals surface area (Å²) in [6.07, 6.45) is 4.30. The van der Waals surface area contributed by atoms with Crippen molar-refractivity contribution in [2.75, 3.05) is 26.8 Å². The quantitative estimate of drug-likeness (QED) is 0.673. The maximum atomic E-state index is 13.1. The molecule has 6 nitrogen and oxygen atoms in total. The second-order valence-corrected chi connectivity index (χ2v) is 7.97. The molecule has 0 atom stereocenters. The maximum Gasteiger partial charge on any atom is 0.253 e. The van der Waals surface area contributed by atoms with E-state index in [9.17, 15) is 4.79 Å². The van der Waals surface area contributed by atoms with Gasteiger partial charge >= 0.3 is 0 Å². The summed E-state index contributed by atoms with van der Waals surface area (Å²) in [5.74, 6) is 0.955. The number of piperidine rings is 1. The maximum absolute atomic E-state index is 13.1. The number of amides is 1. The van der Waals surface area contributed by atoms with E-state index in [1.54, 1.807) is 13.4 Å². The number of aryl methyl sites for hydroxylation is 1. The van der Waals surface area contributed by atoms with Crippen molar-refractivity contribution in [3.63, 3.8) is 0 Å². The van der Waals surface area contributed by atoms with Crippen LogP contribution in [0.2, 0.25) is 0 Å². The van der Waals surface area contributed by atoms with Crippen LogP contribution in [0.3, 0.4) is 0 Å². The number of hydrogen-bond donors (Lipinski definition) is 0. The molecule has 1 saturated heterocycles. The summed E-state index contributed by atoms with van der Waals surface area (Å²) in [4.78, 5) is 19.4. The van der Waals surface area contributed by atoms with Crippen molar-refractivity contribution in [2.24, 2.45) is 7.05 Å². The average molecular weight is 391 g/mol. The monoisotopic (exact) mass is 391 g/mol. The van der Waals surface area contributed by atoms with Crippen LogP contribution in [0.15, 0.2) is 42.7 Å². The van der Waals surface area contributed by atoms with Crippen LogP contribution in [0.25, 0.3) is 11.0 Å². The van der Waals surface area contributed by atoms with Crippen LogP contribution in [0.5, 0.6) is 5.75 Å². The Morgan fingerprint density at radius 1 is 1.17 bits per heavy atom. The number of rotatable bonds is 2. The van der Waals surface area contributed by atoms with Crippen LogP contribution in [-0.4, -0.2) is 47.2 Å². The SMILES string of the molecule is COc1ccc2c(c1)CCOC21CCN(C(=O)c2ccc3c(c2)ncn3C)CC1. The molecule has 1 aromatic heterocycles. The van der Waals surface area contributed by atoms with Gasteiger partial charge in [0.15, 0.2) is 0 Å². The largest absolute Gasteiger partial charge is 0.497 e. The molecule has 1 spiro atoms. The highest BCUT2D eigenvalue weighted by molar-refractivity contribution is 5.97. The third kappa shape index (κ3) is 2.99. The third-order valence-corrected chi connectivity index (χ3v) is 6.38. The predicted molar refractivity (Wildman–Crippen MR) is 110 cm³/mol. The summed E-state index contributed by atoms with van der Waals surface area (Å²) in [6, 6.07) is 12.0. The highest BCUT2D eigenvalue weighted by Gasteiger charge is 2.41. The molecule has 3 aromatic rings. The molecule has 29 heavy (non-hydrogen) atoms. The zero-order chi connectivity index (χ0) is 20.0. The molecule has 2 aliphatic rings. The van der Waals surface area contributed by atoms with E-state index in [1.165, 1.54) is 11.1 Å². The van der Waals surface area contributed by atoms with Crippen LogP contribution in [0, 0.1) is 0 Å². The lowest BCUT2D eigenvalue weighted by Crippen LogP contribution is -2.48. The molecule has 0 radical (unpaired) electrons. The third-order valence-electron chi connectivity index (χ3n) is 6.38. The number of carbonyl (C=O) groups is 1. The van der Waals surface area contributed by atoms with Gasteiger partial charge in [-0.3, -0.25) is 4.79 Å². The topological polar surface area (TPSA) is 56.6 Å². The van der Waals surface area contributed by atoms with E-state index in [0.717, 1.165) is 36.0 Å². The van der Waals surface area contributed by atoms with E-state index in [2.05, 4.69) is 17.1 Å². The standard InChI is InChI=1S/C23H25N3O3/c1-25-15-24-20-14-17(3-6-21(20)25)22(27)26-10-8-23(9-11-26)19-5-4-18(28-2)13-16(19)7-12-29-23/h3-6,13-15H,7-12H2,1-2H3. The van der Waals surface area contributed by atoms with Crippen molar-refractivity contribution in [1.82, 2.24) is 14.5 Å². The van der Waals surface area contributed by atoms with Gasteiger partial charge in [0.25, 0.3) is 5.91 Å². The Morgan fingerprint density at radius 2 is 2.00 bits per heavy atom. The Bertz CT molecular complexity index is 1080. The van der Waals surface area contributed by atoms with E-state index >= 15 is 0 Å². The minimum atomic E-state index is -0.290. The highest BCUT2D eigenvalue weighted by atomic mass is 16.5. The number of ether oxygens (including phenoxy) is 2. The minimum Gasteiger partial charge on any atom is -0.497 e. The lowest BCUT2D eigenvalue weighted by molar-refractivity contribution is -0.0935. The lowest BCUT2D eigenvalue weighted by atomic mass is 9.79. The van der Waals surface area contributed by atoms with Gasteiger partial charge in [-0.2, -0.15) is 0 Å². The number of aromatic nitrogens is 2. The van der Waals surface area contributed by atoms with E-state index in [1.807, 2.05) is 40.8 Å². The van der Waals surface area contributed by atoms with Crippen molar-refractivity contribution in [3.8, 4) is 5.75 Å². The molecule has 0 aliphatic carbocycles. The van der Waals surface area contributed by atoms with Crippen molar-refractivity contribution < 1.29 is 14.3 Å². The van der Waals surface area contributed by atoms with E-state index in [0.29, 0.717) is 25.3 Å². The Morgan fingerprint density at radius 3 is 2.79 bits per heavy atom. The second-order valence-electron chi connectivity index (χ2n) is 7.97. The molecular weight excluding hydrogens is 366 g/mol. The van der Waals surface area contributed by atoms with Crippen molar-refractivity contribution in [2.45, 2.75) is 24.9 Å². The second kappa shape index (κ2) is 6.88. The molecule has 6 heteroatoms. The van der Waals surface area contributed by atoms with E-state index in [-0.39, 0.29) is 11.5 Å². The number of benzene rings is 2. The summed E-state index contributed by atoms with van der Waals surface area (Å²) in [5.41, 5.74) is 4.85. The first-order valence-electron chi connectivity index (χ1n) is 10.1. The normalized spacial score (nSPS) is 18.1. The molecule has 0 unspecified atom stereocenters. The van der Waals surface area contributed by atoms with Gasteiger partial charge in [-0.15, -0.1) is 0 Å². The van der Waals surface area contributed by atoms with Gasteiger partial charge in [-0.25, -0.2) is 4.98 Å².